The molecule has 3 heteroatoms. The predicted octanol–water partition coefficient (Wildman–Crippen LogP) is 2.15. The number of hydrogen-bond donors (Lipinski definition) is 1. The maximum absolute atomic E-state index is 5.83. The summed E-state index contributed by atoms with van der Waals surface area (Å²) < 4.78 is 5.53. The van der Waals surface area contributed by atoms with Gasteiger partial charge in [0.2, 0.25) is 5.88 Å². The fourth-order valence-corrected chi connectivity index (χ4v) is 1.39. The van der Waals surface area contributed by atoms with Gasteiger partial charge in [-0.2, -0.15) is 0 Å². The maximum Gasteiger partial charge on any atom is 0.237 e. The smallest absolute Gasteiger partial charge is 0.237 e. The highest BCUT2D eigenvalue weighted by Crippen LogP contribution is 2.32. The highest BCUT2D eigenvalue weighted by Gasteiger charge is 2.20. The van der Waals surface area contributed by atoms with Crippen LogP contribution in [0.5, 0.6) is 5.88 Å². The van der Waals surface area contributed by atoms with E-state index in [1.165, 1.54) is 12.8 Å². The van der Waals surface area contributed by atoms with Crippen LogP contribution in [0, 0.1) is 12.8 Å². The van der Waals surface area contributed by atoms with Gasteiger partial charge in [0.25, 0.3) is 0 Å². The molecule has 2 N–H and O–H groups in total. The van der Waals surface area contributed by atoms with Crippen LogP contribution in [0.1, 0.15) is 24.8 Å². The van der Waals surface area contributed by atoms with Gasteiger partial charge in [-0.3, -0.25) is 0 Å². The molecule has 0 aliphatic heterocycles. The summed E-state index contributed by atoms with van der Waals surface area (Å²) in [5.41, 5.74) is 7.53. The fraction of sp³-hybridized carbons (Fsp3) is 0.545. The average molecular weight is 192 g/mol. The minimum atomic E-state index is 0.589. The summed E-state index contributed by atoms with van der Waals surface area (Å²) in [6, 6.07) is 1.89. The Hall–Kier alpha value is -1.25. The molecule has 0 radical (unpaired) electrons. The average Bonchev–Trinajstić information content (AvgIpc) is 2.96. The largest absolute Gasteiger partial charge is 0.476 e. The van der Waals surface area contributed by atoms with Crippen molar-refractivity contribution in [3.05, 3.63) is 17.8 Å². The van der Waals surface area contributed by atoms with Crippen molar-refractivity contribution in [3.8, 4) is 5.88 Å². The number of rotatable bonds is 4. The number of nitrogen functional groups attached to an aromatic ring is 1. The highest BCUT2D eigenvalue weighted by atomic mass is 16.5. The summed E-state index contributed by atoms with van der Waals surface area (Å²) in [5.74, 6) is 1.48. The number of pyridine rings is 1. The number of anilines is 1. The van der Waals surface area contributed by atoms with Crippen molar-refractivity contribution in [2.24, 2.45) is 5.92 Å². The second-order valence-corrected chi connectivity index (χ2v) is 3.93. The lowest BCUT2D eigenvalue weighted by Gasteiger charge is -2.08. The van der Waals surface area contributed by atoms with Crippen molar-refractivity contribution in [1.29, 1.82) is 0 Å². The Labute approximate surface area is 84.3 Å². The van der Waals surface area contributed by atoms with Crippen LogP contribution in [-0.4, -0.2) is 11.6 Å². The Morgan fingerprint density at radius 2 is 2.36 bits per heavy atom. The van der Waals surface area contributed by atoms with Crippen LogP contribution in [0.25, 0.3) is 0 Å². The molecule has 14 heavy (non-hydrogen) atoms. The lowest BCUT2D eigenvalue weighted by atomic mass is 10.2. The number of nitrogens with two attached hydrogens (primary N) is 1. The molecule has 76 valence electrons. The lowest BCUT2D eigenvalue weighted by molar-refractivity contribution is 0.293. The topological polar surface area (TPSA) is 48.1 Å². The lowest BCUT2D eigenvalue weighted by Crippen LogP contribution is -2.03. The van der Waals surface area contributed by atoms with Crippen molar-refractivity contribution in [2.75, 3.05) is 12.3 Å². The van der Waals surface area contributed by atoms with Crippen molar-refractivity contribution >= 4 is 5.69 Å². The van der Waals surface area contributed by atoms with Crippen molar-refractivity contribution in [2.45, 2.75) is 26.2 Å². The third-order valence-corrected chi connectivity index (χ3v) is 2.63. The van der Waals surface area contributed by atoms with E-state index in [2.05, 4.69) is 4.98 Å². The molecule has 1 aromatic heterocycles. The van der Waals surface area contributed by atoms with Gasteiger partial charge >= 0.3 is 0 Å². The highest BCUT2D eigenvalue weighted by molar-refractivity contribution is 5.53. The Bertz CT molecular complexity index is 321. The molecule has 1 heterocycles. The van der Waals surface area contributed by atoms with Gasteiger partial charge in [-0.25, -0.2) is 4.98 Å². The van der Waals surface area contributed by atoms with Crippen LogP contribution in [0.2, 0.25) is 0 Å². The molecule has 0 aromatic carbocycles. The minimum Gasteiger partial charge on any atom is -0.476 e. The number of hydrogen-bond acceptors (Lipinski definition) is 3. The van der Waals surface area contributed by atoms with E-state index in [4.69, 9.17) is 10.5 Å². The molecule has 0 unspecified atom stereocenters. The predicted molar refractivity (Wildman–Crippen MR) is 56.2 cm³/mol. The summed E-state index contributed by atoms with van der Waals surface area (Å²) in [4.78, 5) is 4.11. The molecule has 1 aliphatic carbocycles. The van der Waals surface area contributed by atoms with Gasteiger partial charge in [-0.1, -0.05) is 12.8 Å². The molecule has 1 aliphatic rings. The molecule has 3 nitrogen and oxygen atoms in total. The Kier molecular flexibility index (Phi) is 2.57. The first-order valence-electron chi connectivity index (χ1n) is 5.11. The second kappa shape index (κ2) is 3.86. The zero-order valence-electron chi connectivity index (χ0n) is 8.49. The van der Waals surface area contributed by atoms with Crippen LogP contribution in [0.4, 0.5) is 5.69 Å². The van der Waals surface area contributed by atoms with Crippen molar-refractivity contribution < 1.29 is 4.74 Å². The van der Waals surface area contributed by atoms with Crippen molar-refractivity contribution in [3.63, 3.8) is 0 Å². The third kappa shape index (κ3) is 2.16. The Morgan fingerprint density at radius 1 is 1.57 bits per heavy atom. The van der Waals surface area contributed by atoms with Gasteiger partial charge in [-0.05, 0) is 30.9 Å². The molecular formula is C11H16N2O. The SMILES string of the molecule is Cc1ccnc(OCCC2CC2)c1N. The first-order chi connectivity index (χ1) is 6.77. The van der Waals surface area contributed by atoms with Crippen LogP contribution in [0.15, 0.2) is 12.3 Å². The summed E-state index contributed by atoms with van der Waals surface area (Å²) in [6.07, 6.45) is 5.59. The molecule has 0 atom stereocenters. The second-order valence-electron chi connectivity index (χ2n) is 3.93. The summed E-state index contributed by atoms with van der Waals surface area (Å²) in [5, 5.41) is 0. The number of aromatic nitrogens is 1. The van der Waals surface area contributed by atoms with E-state index >= 15 is 0 Å². The zero-order valence-corrected chi connectivity index (χ0v) is 8.49. The third-order valence-electron chi connectivity index (χ3n) is 2.63. The van der Waals surface area contributed by atoms with E-state index in [1.54, 1.807) is 6.20 Å². The summed E-state index contributed by atoms with van der Waals surface area (Å²) in [6.45, 7) is 2.70. The van der Waals surface area contributed by atoms with Crippen LogP contribution in [-0.2, 0) is 0 Å². The quantitative estimate of drug-likeness (QED) is 0.795. The minimum absolute atomic E-state index is 0.589. The summed E-state index contributed by atoms with van der Waals surface area (Å²) in [7, 11) is 0. The van der Waals surface area contributed by atoms with Crippen LogP contribution < -0.4 is 10.5 Å². The van der Waals surface area contributed by atoms with E-state index in [0.717, 1.165) is 24.5 Å². The molecule has 0 spiro atoms. The van der Waals surface area contributed by atoms with Crippen LogP contribution in [0.3, 0.4) is 0 Å². The molecule has 1 saturated carbocycles. The molecular weight excluding hydrogens is 176 g/mol. The van der Waals surface area contributed by atoms with E-state index in [9.17, 15) is 0 Å². The van der Waals surface area contributed by atoms with Crippen LogP contribution >= 0.6 is 0 Å². The standard InChI is InChI=1S/C11H16N2O/c1-8-4-6-13-11(10(8)12)14-7-5-9-2-3-9/h4,6,9H,2-3,5,7,12H2,1H3. The van der Waals surface area contributed by atoms with Gasteiger partial charge in [0.1, 0.15) is 0 Å². The molecule has 2 rings (SSSR count). The van der Waals surface area contributed by atoms with E-state index < -0.39 is 0 Å². The van der Waals surface area contributed by atoms with Gasteiger partial charge < -0.3 is 10.5 Å². The number of nitrogens with zero attached hydrogens (tertiary/aromatic N) is 1. The van der Waals surface area contributed by atoms with E-state index in [0.29, 0.717) is 11.6 Å². The van der Waals surface area contributed by atoms with Gasteiger partial charge in [0.15, 0.2) is 0 Å². The first-order valence-corrected chi connectivity index (χ1v) is 5.11. The van der Waals surface area contributed by atoms with Gasteiger partial charge in [0, 0.05) is 6.20 Å². The molecule has 1 aromatic rings. The van der Waals surface area contributed by atoms with E-state index in [1.807, 2.05) is 13.0 Å². The first kappa shape index (κ1) is 9.31. The molecule has 1 fully saturated rings. The number of aryl methyl sites for hydroxylation is 1. The molecule has 0 amide bonds. The number of ether oxygens (including phenoxy) is 1. The summed E-state index contributed by atoms with van der Waals surface area (Å²) >= 11 is 0. The van der Waals surface area contributed by atoms with Crippen molar-refractivity contribution in [1.82, 2.24) is 4.98 Å². The normalized spacial score (nSPS) is 15.5. The van der Waals surface area contributed by atoms with Gasteiger partial charge in [0.05, 0.1) is 12.3 Å². The Morgan fingerprint density at radius 3 is 3.07 bits per heavy atom. The fourth-order valence-electron chi connectivity index (χ4n) is 1.39. The van der Waals surface area contributed by atoms with Gasteiger partial charge in [-0.15, -0.1) is 0 Å². The van der Waals surface area contributed by atoms with E-state index in [-0.39, 0.29) is 0 Å². The molecule has 0 bridgehead atoms. The maximum atomic E-state index is 5.83. The monoisotopic (exact) mass is 192 g/mol. The zero-order chi connectivity index (χ0) is 9.97. The molecule has 0 saturated heterocycles. The Balaban J connectivity index is 1.90.